The molecule has 1 radical (unpaired) electrons. The fraction of sp³-hybridized carbons (Fsp3) is 0.491. The first-order chi connectivity index (χ1) is 41.8. The third-order valence-electron chi connectivity index (χ3n) is 13.7. The van der Waals surface area contributed by atoms with Crippen molar-refractivity contribution in [2.75, 3.05) is 45.8 Å². The second kappa shape index (κ2) is 36.0. The molecule has 0 saturated carbocycles. The summed E-state index contributed by atoms with van der Waals surface area (Å²) in [6.45, 7) is -2.75. The fourth-order valence-corrected chi connectivity index (χ4v) is 9.38. The minimum Gasteiger partial charge on any atom is -0.481 e. The van der Waals surface area contributed by atoms with E-state index >= 15 is 0 Å². The normalized spacial score (nSPS) is 16.2. The molecule has 2 aromatic rings. The van der Waals surface area contributed by atoms with Crippen LogP contribution in [0, 0.1) is 5.41 Å². The van der Waals surface area contributed by atoms with Gasteiger partial charge in [-0.1, -0.05) is 60.7 Å². The first-order valence-corrected chi connectivity index (χ1v) is 28.0. The van der Waals surface area contributed by atoms with Crippen molar-refractivity contribution in [2.45, 2.75) is 125 Å². The molecule has 2 aliphatic heterocycles. The second-order valence-corrected chi connectivity index (χ2v) is 20.5. The highest BCUT2D eigenvalue weighted by atomic mass is 16.4. The topological polar surface area (TPSA) is 519 Å². The maximum absolute atomic E-state index is 14.2. The second-order valence-electron chi connectivity index (χ2n) is 20.5. The molecule has 0 unspecified atom stereocenters. The third-order valence-corrected chi connectivity index (χ3v) is 13.7. The summed E-state index contributed by atoms with van der Waals surface area (Å²) in [6.07, 6.45) is 0.230. The van der Waals surface area contributed by atoms with E-state index in [4.69, 9.17) is 22.0 Å². The Morgan fingerprint density at radius 3 is 1.56 bits per heavy atom. The quantitative estimate of drug-likeness (QED) is 0.0171. The monoisotopic (exact) mass is 1230 g/mol. The van der Waals surface area contributed by atoms with E-state index in [1.165, 1.54) is 16.1 Å². The molecule has 2 heterocycles. The predicted molar refractivity (Wildman–Crippen MR) is 306 cm³/mol. The van der Waals surface area contributed by atoms with Crippen LogP contribution in [-0.2, 0) is 84.8 Å². The summed E-state index contributed by atoms with van der Waals surface area (Å²) in [5.74, 6) is -14.8. The summed E-state index contributed by atoms with van der Waals surface area (Å²) in [5, 5.41) is 58.4. The zero-order chi connectivity index (χ0) is 64.9. The summed E-state index contributed by atoms with van der Waals surface area (Å²) >= 11 is 0. The van der Waals surface area contributed by atoms with Crippen LogP contribution in [0.2, 0.25) is 0 Å². The van der Waals surface area contributed by atoms with Gasteiger partial charge in [0.25, 0.3) is 0 Å². The number of benzene rings is 2. The van der Waals surface area contributed by atoms with E-state index in [9.17, 15) is 82.1 Å². The number of amides is 11. The number of hydrogen-bond donors (Lipinski definition) is 16. The van der Waals surface area contributed by atoms with Gasteiger partial charge in [-0.2, -0.15) is 0 Å². The predicted octanol–water partition coefficient (Wildman–Crippen LogP) is -6.14. The van der Waals surface area contributed by atoms with Gasteiger partial charge in [0, 0.05) is 32.5 Å². The number of aliphatic carboxylic acids is 3. The number of nitrogens with zero attached hydrogens (tertiary/aromatic N) is 2. The minimum absolute atomic E-state index is 0.0528. The molecule has 11 amide bonds. The summed E-state index contributed by atoms with van der Waals surface area (Å²) in [7, 11) is 0. The maximum Gasteiger partial charge on any atom is 0.305 e. The zero-order valence-electron chi connectivity index (χ0n) is 47.8. The number of rotatable bonds is 36. The van der Waals surface area contributed by atoms with Crippen LogP contribution in [0.3, 0.4) is 0 Å². The van der Waals surface area contributed by atoms with Crippen LogP contribution in [0.1, 0.15) is 75.3 Å². The van der Waals surface area contributed by atoms with Gasteiger partial charge in [-0.15, -0.1) is 0 Å². The molecule has 18 N–H and O–H groups in total. The van der Waals surface area contributed by atoms with E-state index in [1.807, 2.05) is 35.6 Å². The Morgan fingerprint density at radius 2 is 1.02 bits per heavy atom. The van der Waals surface area contributed by atoms with Crippen molar-refractivity contribution in [3.63, 3.8) is 0 Å². The van der Waals surface area contributed by atoms with Crippen LogP contribution in [0.15, 0.2) is 60.7 Å². The number of carbonyl (C=O) groups excluding carboxylic acids is 12. The Labute approximate surface area is 503 Å². The molecular weight excluding hydrogens is 1160 g/mol. The van der Waals surface area contributed by atoms with Gasteiger partial charge in [0.2, 0.25) is 71.3 Å². The number of nitrogens with two attached hydrogens (primary N) is 2. The van der Waals surface area contributed by atoms with E-state index in [2.05, 4.69) is 47.9 Å². The van der Waals surface area contributed by atoms with E-state index in [1.54, 1.807) is 30.3 Å². The van der Waals surface area contributed by atoms with Gasteiger partial charge in [0.1, 0.15) is 36.3 Å². The lowest BCUT2D eigenvalue weighted by molar-refractivity contribution is -0.144. The molecule has 88 heavy (non-hydrogen) atoms. The van der Waals surface area contributed by atoms with Crippen LogP contribution in [-0.4, -0.2) is 214 Å². The van der Waals surface area contributed by atoms with Gasteiger partial charge >= 0.3 is 17.9 Å². The highest BCUT2D eigenvalue weighted by molar-refractivity contribution is 5.99. The van der Waals surface area contributed by atoms with Crippen LogP contribution in [0.5, 0.6) is 0 Å². The molecule has 2 aliphatic rings. The van der Waals surface area contributed by atoms with Crippen LogP contribution < -0.4 is 64.6 Å². The molecule has 2 fully saturated rings. The van der Waals surface area contributed by atoms with Gasteiger partial charge in [-0.3, -0.25) is 77.3 Å². The van der Waals surface area contributed by atoms with Crippen molar-refractivity contribution in [2.24, 2.45) is 11.5 Å². The fourth-order valence-electron chi connectivity index (χ4n) is 9.38. The van der Waals surface area contributed by atoms with Crippen molar-refractivity contribution in [3.05, 3.63) is 71.8 Å². The number of carbonyl (C=O) groups is 14. The molecule has 33 heteroatoms. The standard InChI is InChI=1S/C55H74N15O18/c56-34(22-31-10-3-1-4-11-31)53(87)69-20-9-16-40(69)52(86)67-35(14-7-19-59-55(57)58)54(88)70-21-8-15-39(70)51(85)63-27-42(73)60-26-41(72)61-28-43(74)65-37(24-46(78)79)48(82)62-29-44(75)66-38(25-47(80)81)50(84)68-36(23-32-12-5-2-6-13-32)49(83)64-33(30-71)17-18-45(76)77/h1-6,10-13,33-40H,7-9,14-29,56H2,(H,60,73)(H,61,72)(H,62,82)(H,63,85)(H,64,83)(H,65,74)(H,66,75)(H,67,86)(H,68,84)(H,76,77)(H,78,79)(H,80,81)(H4,57,58,59)/t33-,34+,35-,36-,37-,38-,39-,40-/m0/s1. The highest BCUT2D eigenvalue weighted by Crippen LogP contribution is 2.23. The SMILES string of the molecule is N=C(N)NCCC[C@H](NC(=O)[C@@H]1CCCN1C(=O)[C@H](N)Cc1ccccc1)C(=O)N1CCC[C@H]1C(=O)NCC(=O)NCC(=O)NCC(=O)N[C@@H](CC(=O)O)C(=O)NCC(=O)N[C@@H](CC(=O)O)C(=O)N[C@@H](Cc1ccccc1)C(=O)N[C@H]([C]=O)CCC(=O)O. The summed E-state index contributed by atoms with van der Waals surface area (Å²) in [4.78, 5) is 194. The van der Waals surface area contributed by atoms with Gasteiger partial charge in [0.15, 0.2) is 5.96 Å². The number of carboxylic acids is 3. The van der Waals surface area contributed by atoms with Gasteiger partial charge in [-0.05, 0) is 62.5 Å². The molecule has 4 rings (SSSR count). The van der Waals surface area contributed by atoms with Crippen LogP contribution >= 0.6 is 0 Å². The molecule has 8 atom stereocenters. The van der Waals surface area contributed by atoms with Gasteiger partial charge in [0.05, 0.1) is 51.1 Å². The van der Waals surface area contributed by atoms with Crippen LogP contribution in [0.25, 0.3) is 0 Å². The average molecular weight is 1230 g/mol. The lowest BCUT2D eigenvalue weighted by atomic mass is 10.0. The first-order valence-electron chi connectivity index (χ1n) is 28.0. The molecular formula is C55H74N15O18. The largest absolute Gasteiger partial charge is 0.481 e. The first kappa shape index (κ1) is 70.4. The van der Waals surface area contributed by atoms with Gasteiger partial charge < -0.3 is 89.8 Å². The van der Waals surface area contributed by atoms with Gasteiger partial charge in [-0.25, -0.2) is 0 Å². The van der Waals surface area contributed by atoms with Crippen molar-refractivity contribution in [1.82, 2.24) is 63.0 Å². The number of carboxylic acid groups (broad SMARTS) is 3. The molecule has 2 aromatic carbocycles. The van der Waals surface area contributed by atoms with E-state index < -0.39 is 177 Å². The Bertz CT molecular complexity index is 2870. The molecule has 0 spiro atoms. The summed E-state index contributed by atoms with van der Waals surface area (Å²) in [5.41, 5.74) is 13.0. The average Bonchev–Trinajstić information content (AvgIpc) is 4.35. The lowest BCUT2D eigenvalue weighted by Crippen LogP contribution is -2.57. The lowest BCUT2D eigenvalue weighted by Gasteiger charge is -2.31. The van der Waals surface area contributed by atoms with Crippen molar-refractivity contribution in [3.8, 4) is 0 Å². The third kappa shape index (κ3) is 24.5. The number of guanidine groups is 1. The van der Waals surface area contributed by atoms with E-state index in [0.29, 0.717) is 24.8 Å². The molecule has 0 aromatic heterocycles. The number of hydrogen-bond acceptors (Lipinski definition) is 17. The number of nitrogens with one attached hydrogen (secondary N) is 11. The smallest absolute Gasteiger partial charge is 0.305 e. The highest BCUT2D eigenvalue weighted by Gasteiger charge is 2.41. The van der Waals surface area contributed by atoms with E-state index in [0.717, 1.165) is 5.56 Å². The molecule has 0 aliphatic carbocycles. The van der Waals surface area contributed by atoms with Crippen molar-refractivity contribution in [1.29, 1.82) is 5.41 Å². The Hall–Kier alpha value is -10.1. The molecule has 477 valence electrons. The minimum atomic E-state index is -1.90. The molecule has 2 saturated heterocycles. The Morgan fingerprint density at radius 1 is 0.534 bits per heavy atom. The summed E-state index contributed by atoms with van der Waals surface area (Å²) < 4.78 is 0. The Kier molecular flexibility index (Phi) is 28.8. The zero-order valence-corrected chi connectivity index (χ0v) is 47.8. The maximum atomic E-state index is 14.2. The van der Waals surface area contributed by atoms with E-state index in [-0.39, 0.29) is 64.1 Å². The molecule has 0 bridgehead atoms. The van der Waals surface area contributed by atoms with Crippen LogP contribution in [0.4, 0.5) is 0 Å². The molecule has 33 nitrogen and oxygen atoms in total. The Balaban J connectivity index is 1.26. The summed E-state index contributed by atoms with van der Waals surface area (Å²) in [6, 6.07) is 6.37. The van der Waals surface area contributed by atoms with Crippen molar-refractivity contribution >= 4 is 95.1 Å². The number of likely N-dealkylation sites (tertiary alicyclic amines) is 2. The van der Waals surface area contributed by atoms with Crippen molar-refractivity contribution < 1.29 is 87.2 Å².